The van der Waals surface area contributed by atoms with Gasteiger partial charge >= 0.3 is 0 Å². The fourth-order valence-corrected chi connectivity index (χ4v) is 14.2. The fourth-order valence-electron chi connectivity index (χ4n) is 14.2. The predicted octanol–water partition coefficient (Wildman–Crippen LogP) is 20.3. The smallest absolute Gasteiger partial charge is 0.220 e. The maximum atomic E-state index is 13.4. The second kappa shape index (κ2) is 70.7. The van der Waals surface area contributed by atoms with Crippen LogP contribution in [0.3, 0.4) is 0 Å². The molecule has 0 aromatic rings. The van der Waals surface area contributed by atoms with Crippen LogP contribution in [0.15, 0.2) is 60.8 Å². The van der Waals surface area contributed by atoms with E-state index in [4.69, 9.17) is 18.9 Å². The standard InChI is InChI=1S/C87H161NO13/c1-3-5-7-9-11-13-15-17-19-21-23-25-27-29-31-32-33-34-35-36-37-38-39-40-41-42-43-44-45-47-49-51-53-55-57-59-61-63-65-67-69-71-79(92)88-75(74-98-86-84(97)82(95)85(78(73-90)100-86)101-87-83(96)81(94)80(93)77(72-89)99-87)76(91)70-68-66-64-62-60-58-56-54-52-50-48-46-30-28-26-24-22-20-18-16-14-12-10-8-6-4-2/h5,7,11,13,17,19,23,25,68,70,75-78,80-87,89-91,93-97H,3-4,6,8-10,12,14-16,18,20-22,24,26-67,69,71-74H2,1-2H3,(H,88,92)/b7-5-,13-11-,19-17-,25-23-,70-68+. The molecule has 0 saturated carbocycles. The Morgan fingerprint density at radius 3 is 1.05 bits per heavy atom. The van der Waals surface area contributed by atoms with Crippen molar-refractivity contribution in [3.8, 4) is 0 Å². The van der Waals surface area contributed by atoms with Gasteiger partial charge < -0.3 is 65.1 Å². The summed E-state index contributed by atoms with van der Waals surface area (Å²) in [5, 5.41) is 87.8. The summed E-state index contributed by atoms with van der Waals surface area (Å²) in [5.41, 5.74) is 0. The van der Waals surface area contributed by atoms with Crippen molar-refractivity contribution in [2.24, 2.45) is 0 Å². The van der Waals surface area contributed by atoms with E-state index < -0.39 is 86.8 Å². The van der Waals surface area contributed by atoms with Gasteiger partial charge in [-0.15, -0.1) is 0 Å². The van der Waals surface area contributed by atoms with E-state index >= 15 is 0 Å². The molecule has 12 unspecified atom stereocenters. The molecule has 2 fully saturated rings. The lowest BCUT2D eigenvalue weighted by molar-refractivity contribution is -0.359. The van der Waals surface area contributed by atoms with Gasteiger partial charge in [0.1, 0.15) is 48.8 Å². The first kappa shape index (κ1) is 94.8. The monoisotopic (exact) mass is 1430 g/mol. The highest BCUT2D eigenvalue weighted by atomic mass is 16.7. The maximum Gasteiger partial charge on any atom is 0.220 e. The molecule has 0 bridgehead atoms. The molecule has 101 heavy (non-hydrogen) atoms. The summed E-state index contributed by atoms with van der Waals surface area (Å²) >= 11 is 0. The highest BCUT2D eigenvalue weighted by molar-refractivity contribution is 5.76. The van der Waals surface area contributed by atoms with Crippen LogP contribution in [0.4, 0.5) is 0 Å². The van der Waals surface area contributed by atoms with E-state index in [1.54, 1.807) is 6.08 Å². The number of aliphatic hydroxyl groups excluding tert-OH is 8. The molecule has 2 aliphatic rings. The molecule has 12 atom stereocenters. The fraction of sp³-hybridized carbons (Fsp3) is 0.874. The molecule has 0 aliphatic carbocycles. The van der Waals surface area contributed by atoms with Gasteiger partial charge in [-0.3, -0.25) is 4.79 Å². The van der Waals surface area contributed by atoms with Crippen LogP contribution < -0.4 is 5.32 Å². The molecular weight excluding hydrogens is 1270 g/mol. The van der Waals surface area contributed by atoms with E-state index in [2.05, 4.69) is 67.8 Å². The Hall–Kier alpha value is -2.31. The van der Waals surface area contributed by atoms with Crippen molar-refractivity contribution < 1.29 is 64.6 Å². The first-order valence-electron chi connectivity index (χ1n) is 43.0. The van der Waals surface area contributed by atoms with Gasteiger partial charge in [0.25, 0.3) is 0 Å². The van der Waals surface area contributed by atoms with Gasteiger partial charge in [-0.25, -0.2) is 0 Å². The van der Waals surface area contributed by atoms with Crippen molar-refractivity contribution in [3.05, 3.63) is 60.8 Å². The van der Waals surface area contributed by atoms with Gasteiger partial charge in [0.2, 0.25) is 5.91 Å². The van der Waals surface area contributed by atoms with Gasteiger partial charge in [0.15, 0.2) is 12.6 Å². The lowest BCUT2D eigenvalue weighted by Crippen LogP contribution is -2.65. The van der Waals surface area contributed by atoms with Gasteiger partial charge in [0, 0.05) is 6.42 Å². The zero-order chi connectivity index (χ0) is 73.0. The summed E-state index contributed by atoms with van der Waals surface area (Å²) in [5.74, 6) is -0.231. The van der Waals surface area contributed by atoms with Crippen molar-refractivity contribution in [2.45, 2.75) is 466 Å². The number of rotatable bonds is 73. The third kappa shape index (κ3) is 53.2. The van der Waals surface area contributed by atoms with Gasteiger partial charge in [0.05, 0.1) is 32.0 Å². The molecule has 9 N–H and O–H groups in total. The van der Waals surface area contributed by atoms with Crippen molar-refractivity contribution >= 4 is 5.91 Å². The largest absolute Gasteiger partial charge is 0.394 e. The summed E-state index contributed by atoms with van der Waals surface area (Å²) in [6.45, 7) is 2.75. The molecule has 0 radical (unpaired) electrons. The van der Waals surface area contributed by atoms with Crippen LogP contribution in [-0.4, -0.2) is 140 Å². The molecule has 0 aromatic carbocycles. The Bertz CT molecular complexity index is 1930. The molecule has 14 heteroatoms. The third-order valence-electron chi connectivity index (χ3n) is 21.0. The highest BCUT2D eigenvalue weighted by Gasteiger charge is 2.51. The van der Waals surface area contributed by atoms with Crippen molar-refractivity contribution in [1.29, 1.82) is 0 Å². The highest BCUT2D eigenvalue weighted by Crippen LogP contribution is 2.30. The Balaban J connectivity index is 1.55. The second-order valence-corrected chi connectivity index (χ2v) is 30.3. The first-order chi connectivity index (χ1) is 49.6. The first-order valence-corrected chi connectivity index (χ1v) is 43.0. The number of carbonyl (C=O) groups is 1. The van der Waals surface area contributed by atoms with Crippen LogP contribution in [0, 0.1) is 0 Å². The Kier molecular flexibility index (Phi) is 66.3. The minimum Gasteiger partial charge on any atom is -0.394 e. The normalized spacial score (nSPS) is 22.0. The Morgan fingerprint density at radius 1 is 0.366 bits per heavy atom. The molecule has 1 amide bonds. The summed E-state index contributed by atoms with van der Waals surface area (Å²) in [4.78, 5) is 13.4. The van der Waals surface area contributed by atoms with Crippen LogP contribution in [-0.2, 0) is 23.7 Å². The van der Waals surface area contributed by atoms with E-state index in [-0.39, 0.29) is 18.9 Å². The molecule has 2 saturated heterocycles. The SMILES string of the molecule is CC/C=C\C/C=C\C/C=C\C/C=C\CCCCCCCCCCCCCCCCCCCCCCCCCCCCCCC(=O)NC(COC1OC(CO)C(OC2OC(CO)C(O)C(O)C2O)C(O)C1O)C(O)/C=C/CCCCCCCCCCCCCCCCCCCCCCCCCC. The minimum atomic E-state index is -1.79. The lowest BCUT2D eigenvalue weighted by atomic mass is 9.97. The molecule has 592 valence electrons. The zero-order valence-electron chi connectivity index (χ0n) is 65.2. The number of amides is 1. The number of carbonyl (C=O) groups excluding carboxylic acids is 1. The molecule has 0 aromatic heterocycles. The lowest BCUT2D eigenvalue weighted by Gasteiger charge is -2.46. The molecule has 0 spiro atoms. The van der Waals surface area contributed by atoms with Gasteiger partial charge in [-0.05, 0) is 57.8 Å². The maximum absolute atomic E-state index is 13.4. The Morgan fingerprint density at radius 2 is 0.683 bits per heavy atom. The topological polar surface area (TPSA) is 228 Å². The molecule has 2 rings (SSSR count). The van der Waals surface area contributed by atoms with Gasteiger partial charge in [-0.2, -0.15) is 0 Å². The third-order valence-corrected chi connectivity index (χ3v) is 21.0. The van der Waals surface area contributed by atoms with Crippen LogP contribution in [0.5, 0.6) is 0 Å². The quantitative estimate of drug-likeness (QED) is 0.0204. The number of nitrogens with one attached hydrogen (secondary N) is 1. The summed E-state index contributed by atoms with van der Waals surface area (Å²) in [7, 11) is 0. The van der Waals surface area contributed by atoms with Crippen molar-refractivity contribution in [1.82, 2.24) is 5.32 Å². The average Bonchev–Trinajstić information content (AvgIpc) is 0.792. The number of allylic oxidation sites excluding steroid dienone is 9. The number of ether oxygens (including phenoxy) is 4. The Labute approximate surface area is 619 Å². The number of unbranched alkanes of at least 4 members (excludes halogenated alkanes) is 52. The number of hydrogen-bond donors (Lipinski definition) is 9. The number of aliphatic hydroxyl groups is 8. The second-order valence-electron chi connectivity index (χ2n) is 30.3. The molecule has 14 nitrogen and oxygen atoms in total. The summed E-state index contributed by atoms with van der Waals surface area (Å²) < 4.78 is 22.9. The van der Waals surface area contributed by atoms with Gasteiger partial charge in [-0.1, -0.05) is 389 Å². The molecule has 2 aliphatic heterocycles. The van der Waals surface area contributed by atoms with E-state index in [0.29, 0.717) is 6.42 Å². The van der Waals surface area contributed by atoms with Crippen molar-refractivity contribution in [2.75, 3.05) is 19.8 Å². The zero-order valence-corrected chi connectivity index (χ0v) is 65.2. The summed E-state index contributed by atoms with van der Waals surface area (Å²) in [6, 6.07) is -0.916. The van der Waals surface area contributed by atoms with E-state index in [0.717, 1.165) is 64.2 Å². The van der Waals surface area contributed by atoms with Crippen LogP contribution in [0.1, 0.15) is 393 Å². The summed E-state index contributed by atoms with van der Waals surface area (Å²) in [6.07, 6.45) is 80.4. The molecule has 2 heterocycles. The minimum absolute atomic E-state index is 0.231. The van der Waals surface area contributed by atoms with E-state index in [1.807, 2.05) is 6.08 Å². The van der Waals surface area contributed by atoms with Crippen molar-refractivity contribution in [3.63, 3.8) is 0 Å². The van der Waals surface area contributed by atoms with E-state index in [1.165, 1.54) is 302 Å². The number of hydrogen-bond acceptors (Lipinski definition) is 13. The average molecular weight is 1430 g/mol. The van der Waals surface area contributed by atoms with Crippen LogP contribution >= 0.6 is 0 Å². The van der Waals surface area contributed by atoms with E-state index in [9.17, 15) is 45.6 Å². The molecular formula is C87H161NO13. The van der Waals surface area contributed by atoms with Crippen LogP contribution in [0.25, 0.3) is 0 Å². The van der Waals surface area contributed by atoms with Crippen LogP contribution in [0.2, 0.25) is 0 Å². The predicted molar refractivity (Wildman–Crippen MR) is 420 cm³/mol.